The Morgan fingerprint density at radius 3 is 2.00 bits per heavy atom. The maximum atomic E-state index is 13.6. The summed E-state index contributed by atoms with van der Waals surface area (Å²) in [6.45, 7) is 1.94. The summed E-state index contributed by atoms with van der Waals surface area (Å²) in [5.41, 5.74) is 6.13. The second kappa shape index (κ2) is 14.9. The molecule has 0 spiro atoms. The standard InChI is InChI=1S/C37H37NO4S/c1-26-10-8-9-15-33(26)35(39)28-17-21-31(22-18-28)43-32-23-19-29(20-24-32)36(40)34(25-16-27-11-4-2-5-12-27)38-42-37(41)30-13-6-3-7-14-30/h3,6-10,13-15,17-24,27,34,38H,2,4-5,11-12,16,25H2,1H3. The molecule has 1 atom stereocenters. The molecule has 0 aromatic heterocycles. The Hall–Kier alpha value is -4.00. The smallest absolute Gasteiger partial charge is 0.356 e. The van der Waals surface area contributed by atoms with Crippen LogP contribution in [0.3, 0.4) is 0 Å². The monoisotopic (exact) mass is 591 g/mol. The highest BCUT2D eigenvalue weighted by molar-refractivity contribution is 7.99. The van der Waals surface area contributed by atoms with E-state index < -0.39 is 12.0 Å². The summed E-state index contributed by atoms with van der Waals surface area (Å²) in [6.07, 6.45) is 7.68. The molecular weight excluding hydrogens is 554 g/mol. The van der Waals surface area contributed by atoms with Gasteiger partial charge in [-0.2, -0.15) is 0 Å². The normalized spacial score (nSPS) is 14.2. The fourth-order valence-corrected chi connectivity index (χ4v) is 6.38. The van der Waals surface area contributed by atoms with Crippen molar-refractivity contribution < 1.29 is 19.2 Å². The van der Waals surface area contributed by atoms with Crippen LogP contribution in [0.25, 0.3) is 0 Å². The molecule has 4 aromatic rings. The lowest BCUT2D eigenvalue weighted by Gasteiger charge is -2.24. The molecule has 0 saturated heterocycles. The highest BCUT2D eigenvalue weighted by Gasteiger charge is 2.24. The van der Waals surface area contributed by atoms with E-state index in [9.17, 15) is 14.4 Å². The van der Waals surface area contributed by atoms with Crippen molar-refractivity contribution in [2.45, 2.75) is 67.7 Å². The average Bonchev–Trinajstić information content (AvgIpc) is 3.06. The number of Topliss-reactive ketones (excluding diaryl/α,β-unsaturated/α-hetero) is 1. The zero-order valence-electron chi connectivity index (χ0n) is 24.5. The van der Waals surface area contributed by atoms with E-state index in [4.69, 9.17) is 4.84 Å². The van der Waals surface area contributed by atoms with Crippen LogP contribution in [0.4, 0.5) is 0 Å². The number of benzene rings is 4. The van der Waals surface area contributed by atoms with Crippen LogP contribution in [0, 0.1) is 12.8 Å². The number of hydrogen-bond acceptors (Lipinski definition) is 6. The van der Waals surface area contributed by atoms with Gasteiger partial charge in [-0.15, -0.1) is 5.48 Å². The SMILES string of the molecule is Cc1ccccc1C(=O)c1ccc(Sc2ccc(C(=O)C(CCC3CCCCC3)NOC(=O)c3ccccc3)cc2)cc1. The summed E-state index contributed by atoms with van der Waals surface area (Å²) in [4.78, 5) is 46.4. The van der Waals surface area contributed by atoms with Gasteiger partial charge in [-0.25, -0.2) is 4.79 Å². The molecular formula is C37H37NO4S. The Morgan fingerprint density at radius 1 is 0.744 bits per heavy atom. The van der Waals surface area contributed by atoms with Crippen LogP contribution in [0.5, 0.6) is 0 Å². The number of carbonyl (C=O) groups excluding carboxylic acids is 3. The number of aryl methyl sites for hydroxylation is 1. The minimum Gasteiger partial charge on any atom is -0.366 e. The molecule has 220 valence electrons. The highest BCUT2D eigenvalue weighted by Crippen LogP contribution is 2.30. The van der Waals surface area contributed by atoms with E-state index in [0.29, 0.717) is 34.6 Å². The van der Waals surface area contributed by atoms with Crippen molar-refractivity contribution in [3.8, 4) is 0 Å². The molecule has 6 heteroatoms. The van der Waals surface area contributed by atoms with Crippen molar-refractivity contribution in [1.82, 2.24) is 5.48 Å². The Bertz CT molecular complexity index is 1530. The first-order valence-corrected chi connectivity index (χ1v) is 15.8. The van der Waals surface area contributed by atoms with E-state index in [1.165, 1.54) is 32.1 Å². The Labute approximate surface area is 258 Å². The summed E-state index contributed by atoms with van der Waals surface area (Å²) in [6, 6.07) is 30.9. The lowest BCUT2D eigenvalue weighted by atomic mass is 9.84. The molecule has 1 aliphatic rings. The third-order valence-corrected chi connectivity index (χ3v) is 9.10. The van der Waals surface area contributed by atoms with E-state index in [1.807, 2.05) is 85.8 Å². The van der Waals surface area contributed by atoms with Crippen molar-refractivity contribution in [3.63, 3.8) is 0 Å². The molecule has 1 saturated carbocycles. The maximum Gasteiger partial charge on any atom is 0.356 e. The number of hydrogen-bond donors (Lipinski definition) is 1. The van der Waals surface area contributed by atoms with Gasteiger partial charge in [0.1, 0.15) is 6.04 Å². The predicted octanol–water partition coefficient (Wildman–Crippen LogP) is 8.65. The van der Waals surface area contributed by atoms with E-state index >= 15 is 0 Å². The van der Waals surface area contributed by atoms with E-state index in [2.05, 4.69) is 5.48 Å². The number of carbonyl (C=O) groups is 3. The largest absolute Gasteiger partial charge is 0.366 e. The van der Waals surface area contributed by atoms with Gasteiger partial charge in [-0.05, 0) is 79.8 Å². The van der Waals surface area contributed by atoms with Crippen molar-refractivity contribution >= 4 is 29.3 Å². The zero-order chi connectivity index (χ0) is 30.0. The van der Waals surface area contributed by atoms with Crippen molar-refractivity contribution in [3.05, 3.63) is 131 Å². The zero-order valence-corrected chi connectivity index (χ0v) is 25.3. The van der Waals surface area contributed by atoms with Gasteiger partial charge in [-0.1, -0.05) is 98.5 Å². The van der Waals surface area contributed by atoms with Gasteiger partial charge >= 0.3 is 5.97 Å². The van der Waals surface area contributed by atoms with Crippen LogP contribution in [0.15, 0.2) is 113 Å². The third kappa shape index (κ3) is 8.31. The van der Waals surface area contributed by atoms with E-state index in [1.54, 1.807) is 36.0 Å². The van der Waals surface area contributed by atoms with Crippen LogP contribution in [-0.4, -0.2) is 23.6 Å². The molecule has 5 rings (SSSR count). The summed E-state index contributed by atoms with van der Waals surface area (Å²) in [5, 5.41) is 0. The topological polar surface area (TPSA) is 72.5 Å². The molecule has 1 unspecified atom stereocenters. The minimum atomic E-state index is -0.619. The third-order valence-electron chi connectivity index (χ3n) is 8.09. The second-order valence-electron chi connectivity index (χ2n) is 11.2. The van der Waals surface area contributed by atoms with E-state index in [-0.39, 0.29) is 11.6 Å². The summed E-state index contributed by atoms with van der Waals surface area (Å²) >= 11 is 1.57. The van der Waals surface area contributed by atoms with E-state index in [0.717, 1.165) is 21.8 Å². The van der Waals surface area contributed by atoms with Crippen LogP contribution >= 0.6 is 11.8 Å². The molecule has 0 bridgehead atoms. The first kappa shape index (κ1) is 30.5. The van der Waals surface area contributed by atoms with Crippen LogP contribution < -0.4 is 5.48 Å². The maximum absolute atomic E-state index is 13.6. The lowest BCUT2D eigenvalue weighted by molar-refractivity contribution is 0.0148. The highest BCUT2D eigenvalue weighted by atomic mass is 32.2. The van der Waals surface area contributed by atoms with Gasteiger partial charge in [0, 0.05) is 26.5 Å². The first-order valence-electron chi connectivity index (χ1n) is 15.0. The van der Waals surface area contributed by atoms with Crippen LogP contribution in [0.2, 0.25) is 0 Å². The number of ketones is 2. The van der Waals surface area contributed by atoms with Gasteiger partial charge in [0.25, 0.3) is 0 Å². The van der Waals surface area contributed by atoms with Crippen molar-refractivity contribution in [1.29, 1.82) is 0 Å². The molecule has 0 aliphatic heterocycles. The van der Waals surface area contributed by atoms with Gasteiger partial charge in [0.15, 0.2) is 11.6 Å². The first-order chi connectivity index (χ1) is 21.0. The Balaban J connectivity index is 1.22. The molecule has 0 radical (unpaired) electrons. The molecule has 1 fully saturated rings. The van der Waals surface area contributed by atoms with Gasteiger partial charge in [0.05, 0.1) is 5.56 Å². The summed E-state index contributed by atoms with van der Waals surface area (Å²) in [5.74, 6) is 0.0215. The van der Waals surface area contributed by atoms with Gasteiger partial charge in [0.2, 0.25) is 0 Å². The van der Waals surface area contributed by atoms with Crippen LogP contribution in [0.1, 0.15) is 87.1 Å². The minimum absolute atomic E-state index is 0.0126. The average molecular weight is 592 g/mol. The Morgan fingerprint density at radius 2 is 1.35 bits per heavy atom. The molecule has 0 amide bonds. The molecule has 0 heterocycles. The molecule has 5 nitrogen and oxygen atoms in total. The molecule has 1 N–H and O–H groups in total. The van der Waals surface area contributed by atoms with Gasteiger partial charge < -0.3 is 4.84 Å². The second-order valence-corrected chi connectivity index (χ2v) is 12.3. The fraction of sp³-hybridized carbons (Fsp3) is 0.270. The number of nitrogens with one attached hydrogen (secondary N) is 1. The Kier molecular flexibility index (Phi) is 10.6. The van der Waals surface area contributed by atoms with Gasteiger partial charge in [-0.3, -0.25) is 9.59 Å². The summed E-state index contributed by atoms with van der Waals surface area (Å²) in [7, 11) is 0. The predicted molar refractivity (Wildman–Crippen MR) is 171 cm³/mol. The fourth-order valence-electron chi connectivity index (χ4n) is 5.56. The number of rotatable bonds is 12. The van der Waals surface area contributed by atoms with Crippen LogP contribution in [-0.2, 0) is 4.84 Å². The van der Waals surface area contributed by atoms with Crippen molar-refractivity contribution in [2.75, 3.05) is 0 Å². The summed E-state index contributed by atoms with van der Waals surface area (Å²) < 4.78 is 0. The molecule has 1 aliphatic carbocycles. The molecule has 43 heavy (non-hydrogen) atoms. The van der Waals surface area contributed by atoms with Crippen molar-refractivity contribution in [2.24, 2.45) is 5.92 Å². The number of hydroxylamine groups is 1. The lowest BCUT2D eigenvalue weighted by Crippen LogP contribution is -2.38. The quantitative estimate of drug-likeness (QED) is 0.131. The molecule has 4 aromatic carbocycles.